The van der Waals surface area contributed by atoms with Crippen molar-refractivity contribution in [3.63, 3.8) is 0 Å². The Kier molecular flexibility index (Phi) is 5.78. The minimum atomic E-state index is 1.08. The summed E-state index contributed by atoms with van der Waals surface area (Å²) >= 11 is 3.43. The fourth-order valence-corrected chi connectivity index (χ4v) is 3.68. The summed E-state index contributed by atoms with van der Waals surface area (Å²) in [4.78, 5) is 0. The number of halogens is 1. The predicted molar refractivity (Wildman–Crippen MR) is 118 cm³/mol. The van der Waals surface area contributed by atoms with E-state index in [1.54, 1.807) is 0 Å². The lowest BCUT2D eigenvalue weighted by atomic mass is 9.93. The normalized spacial score (nSPS) is 11.7. The molecule has 0 aromatic heterocycles. The van der Waals surface area contributed by atoms with Crippen LogP contribution >= 0.6 is 15.9 Å². The SMILES string of the molecule is Cc1ccc(-c2cccc3c2C=CC3)c(C)c1.Cc1ccc(Br)c(C)c1. The largest absolute Gasteiger partial charge is 0.0795 e. The summed E-state index contributed by atoms with van der Waals surface area (Å²) in [5.74, 6) is 0. The maximum Gasteiger partial charge on any atom is 0.0204 e. The summed E-state index contributed by atoms with van der Waals surface area (Å²) in [5.41, 5.74) is 10.9. The number of aryl methyl sites for hydroxylation is 4. The number of rotatable bonds is 1. The van der Waals surface area contributed by atoms with Crippen molar-refractivity contribution in [1.82, 2.24) is 0 Å². The van der Waals surface area contributed by atoms with Crippen LogP contribution in [0.25, 0.3) is 17.2 Å². The van der Waals surface area contributed by atoms with Gasteiger partial charge in [-0.3, -0.25) is 0 Å². The van der Waals surface area contributed by atoms with E-state index in [9.17, 15) is 0 Å². The van der Waals surface area contributed by atoms with E-state index in [1.807, 2.05) is 0 Å². The first kappa shape index (κ1) is 18.7. The number of fused-ring (bicyclic) bond motifs is 1. The molecule has 3 aromatic carbocycles. The van der Waals surface area contributed by atoms with Gasteiger partial charge in [-0.05, 0) is 73.6 Å². The molecule has 0 bridgehead atoms. The smallest absolute Gasteiger partial charge is 0.0204 e. The average molecular weight is 405 g/mol. The van der Waals surface area contributed by atoms with E-state index >= 15 is 0 Å². The standard InChI is InChI=1S/C17H16.C8H9Br/c1-12-9-10-15(13(2)11-12)17-8-4-6-14-5-3-7-16(14)17;1-6-3-4-8(9)7(2)5-6/h3-4,6-11H,5H2,1-2H3;3-5H,1-2H3. The Labute approximate surface area is 165 Å². The summed E-state index contributed by atoms with van der Waals surface area (Å²) in [6, 6.07) is 19.6. The van der Waals surface area contributed by atoms with Gasteiger partial charge in [0, 0.05) is 4.47 Å². The van der Waals surface area contributed by atoms with E-state index in [-0.39, 0.29) is 0 Å². The molecule has 0 amide bonds. The molecule has 0 saturated heterocycles. The van der Waals surface area contributed by atoms with Crippen molar-refractivity contribution in [3.8, 4) is 11.1 Å². The molecule has 0 spiro atoms. The highest BCUT2D eigenvalue weighted by Gasteiger charge is 2.12. The molecular formula is C25H25Br. The first-order valence-corrected chi connectivity index (χ1v) is 9.84. The third-order valence-electron chi connectivity index (χ3n) is 4.80. The van der Waals surface area contributed by atoms with Crippen LogP contribution in [0.2, 0.25) is 0 Å². The molecular weight excluding hydrogens is 380 g/mol. The van der Waals surface area contributed by atoms with Crippen molar-refractivity contribution in [1.29, 1.82) is 0 Å². The maximum atomic E-state index is 3.43. The monoisotopic (exact) mass is 404 g/mol. The van der Waals surface area contributed by atoms with Crippen molar-refractivity contribution in [2.75, 3.05) is 0 Å². The summed E-state index contributed by atoms with van der Waals surface area (Å²) in [7, 11) is 0. The van der Waals surface area contributed by atoms with Gasteiger partial charge in [-0.25, -0.2) is 0 Å². The minimum Gasteiger partial charge on any atom is -0.0795 e. The molecule has 0 radical (unpaired) electrons. The highest BCUT2D eigenvalue weighted by atomic mass is 79.9. The molecule has 0 atom stereocenters. The van der Waals surface area contributed by atoms with Crippen LogP contribution in [-0.2, 0) is 6.42 Å². The second-order valence-corrected chi connectivity index (χ2v) is 7.91. The molecule has 3 aromatic rings. The Morgan fingerprint density at radius 3 is 2.08 bits per heavy atom. The van der Waals surface area contributed by atoms with Crippen LogP contribution in [0.5, 0.6) is 0 Å². The zero-order valence-electron chi connectivity index (χ0n) is 15.9. The summed E-state index contributed by atoms with van der Waals surface area (Å²) < 4.78 is 1.19. The van der Waals surface area contributed by atoms with Crippen molar-refractivity contribution in [3.05, 3.63) is 98.5 Å². The van der Waals surface area contributed by atoms with Crippen molar-refractivity contribution >= 4 is 22.0 Å². The first-order valence-electron chi connectivity index (χ1n) is 9.04. The Hall–Kier alpha value is -2.12. The molecule has 132 valence electrons. The number of hydrogen-bond acceptors (Lipinski definition) is 0. The summed E-state index contributed by atoms with van der Waals surface area (Å²) in [6.07, 6.45) is 5.58. The highest BCUT2D eigenvalue weighted by Crippen LogP contribution is 2.33. The zero-order chi connectivity index (χ0) is 18.7. The van der Waals surface area contributed by atoms with Gasteiger partial charge in [-0.2, -0.15) is 0 Å². The summed E-state index contributed by atoms with van der Waals surface area (Å²) in [6.45, 7) is 8.53. The maximum absolute atomic E-state index is 3.43. The van der Waals surface area contributed by atoms with Crippen LogP contribution in [0.4, 0.5) is 0 Å². The van der Waals surface area contributed by atoms with Gasteiger partial charge in [0.1, 0.15) is 0 Å². The van der Waals surface area contributed by atoms with Crippen LogP contribution in [0.3, 0.4) is 0 Å². The topological polar surface area (TPSA) is 0 Å². The lowest BCUT2D eigenvalue weighted by Crippen LogP contribution is -1.90. The summed E-state index contributed by atoms with van der Waals surface area (Å²) in [5, 5.41) is 0. The van der Waals surface area contributed by atoms with Gasteiger partial charge in [0.05, 0.1) is 0 Å². The second kappa shape index (κ2) is 8.05. The molecule has 0 unspecified atom stereocenters. The van der Waals surface area contributed by atoms with Crippen LogP contribution < -0.4 is 0 Å². The third-order valence-corrected chi connectivity index (χ3v) is 5.69. The van der Waals surface area contributed by atoms with Gasteiger partial charge in [-0.1, -0.05) is 87.7 Å². The number of allylic oxidation sites excluding steroid dienone is 1. The first-order chi connectivity index (χ1) is 12.5. The molecule has 1 aliphatic carbocycles. The Balaban J connectivity index is 0.000000185. The van der Waals surface area contributed by atoms with Crippen LogP contribution in [0.15, 0.2) is 65.1 Å². The van der Waals surface area contributed by atoms with Gasteiger partial charge >= 0.3 is 0 Å². The van der Waals surface area contributed by atoms with Gasteiger partial charge in [0.15, 0.2) is 0 Å². The van der Waals surface area contributed by atoms with Crippen molar-refractivity contribution in [2.24, 2.45) is 0 Å². The molecule has 1 aliphatic rings. The molecule has 0 saturated carbocycles. The van der Waals surface area contributed by atoms with E-state index < -0.39 is 0 Å². The Morgan fingerprint density at radius 1 is 0.731 bits per heavy atom. The molecule has 0 fully saturated rings. The second-order valence-electron chi connectivity index (χ2n) is 7.06. The van der Waals surface area contributed by atoms with Gasteiger partial charge < -0.3 is 0 Å². The average Bonchev–Trinajstić information content (AvgIpc) is 3.08. The van der Waals surface area contributed by atoms with Gasteiger partial charge in [0.25, 0.3) is 0 Å². The van der Waals surface area contributed by atoms with E-state index in [2.05, 4.69) is 110 Å². The lowest BCUT2D eigenvalue weighted by Gasteiger charge is -2.11. The zero-order valence-corrected chi connectivity index (χ0v) is 17.5. The number of hydrogen-bond donors (Lipinski definition) is 0. The highest BCUT2D eigenvalue weighted by molar-refractivity contribution is 9.10. The van der Waals surface area contributed by atoms with Gasteiger partial charge in [-0.15, -0.1) is 0 Å². The van der Waals surface area contributed by atoms with E-state index in [4.69, 9.17) is 0 Å². The van der Waals surface area contributed by atoms with E-state index in [0.717, 1.165) is 6.42 Å². The van der Waals surface area contributed by atoms with Gasteiger partial charge in [0.2, 0.25) is 0 Å². The lowest BCUT2D eigenvalue weighted by molar-refractivity contribution is 1.30. The van der Waals surface area contributed by atoms with E-state index in [0.29, 0.717) is 0 Å². The van der Waals surface area contributed by atoms with Crippen LogP contribution in [0, 0.1) is 27.7 Å². The molecule has 26 heavy (non-hydrogen) atoms. The van der Waals surface area contributed by atoms with Crippen molar-refractivity contribution in [2.45, 2.75) is 34.1 Å². The quantitative estimate of drug-likeness (QED) is 0.391. The Bertz CT molecular complexity index is 964. The molecule has 0 nitrogen and oxygen atoms in total. The fourth-order valence-electron chi connectivity index (χ4n) is 3.44. The predicted octanol–water partition coefficient (Wildman–Crippen LogP) is 7.61. The molecule has 4 rings (SSSR count). The van der Waals surface area contributed by atoms with Crippen LogP contribution in [0.1, 0.15) is 33.4 Å². The molecule has 0 N–H and O–H groups in total. The fraction of sp³-hybridized carbons (Fsp3) is 0.200. The molecule has 0 heterocycles. The van der Waals surface area contributed by atoms with Crippen LogP contribution in [-0.4, -0.2) is 0 Å². The molecule has 1 heteroatoms. The number of benzene rings is 3. The Morgan fingerprint density at radius 2 is 1.42 bits per heavy atom. The van der Waals surface area contributed by atoms with Crippen molar-refractivity contribution < 1.29 is 0 Å². The minimum absolute atomic E-state index is 1.08. The van der Waals surface area contributed by atoms with E-state index in [1.165, 1.54) is 49.0 Å². The third kappa shape index (κ3) is 4.16. The molecule has 0 aliphatic heterocycles.